The Morgan fingerprint density at radius 2 is 2.00 bits per heavy atom. The van der Waals surface area contributed by atoms with Gasteiger partial charge in [0.25, 0.3) is 0 Å². The minimum Gasteiger partial charge on any atom is -0.492 e. The van der Waals surface area contributed by atoms with Gasteiger partial charge in [-0.05, 0) is 68.9 Å². The van der Waals surface area contributed by atoms with E-state index in [1.165, 1.54) is 32.1 Å². The molecule has 2 aliphatic heterocycles. The Morgan fingerprint density at radius 3 is 2.76 bits per heavy atom. The topological polar surface area (TPSA) is 51.7 Å². The van der Waals surface area contributed by atoms with Crippen LogP contribution in [0.2, 0.25) is 0 Å². The molecule has 1 spiro atoms. The number of hydrogen-bond donors (Lipinski definition) is 0. The number of pyridine rings is 1. The molecule has 160 valence electrons. The van der Waals surface area contributed by atoms with Crippen LogP contribution < -0.4 is 4.74 Å². The number of piperidine rings is 1. The fourth-order valence-electron chi connectivity index (χ4n) is 5.43. The predicted molar refractivity (Wildman–Crippen MR) is 113 cm³/mol. The zero-order valence-electron chi connectivity index (χ0n) is 17.7. The van der Waals surface area contributed by atoms with Crippen molar-refractivity contribution < 1.29 is 14.3 Å². The largest absolute Gasteiger partial charge is 0.492 e. The van der Waals surface area contributed by atoms with Gasteiger partial charge >= 0.3 is 0 Å². The van der Waals surface area contributed by atoms with E-state index in [0.717, 1.165) is 70.6 Å². The highest BCUT2D eigenvalue weighted by Crippen LogP contribution is 2.39. The van der Waals surface area contributed by atoms with Gasteiger partial charge in [0, 0.05) is 32.3 Å². The summed E-state index contributed by atoms with van der Waals surface area (Å²) >= 11 is 0. The third-order valence-corrected chi connectivity index (χ3v) is 7.24. The molecule has 2 saturated heterocycles. The Balaban J connectivity index is 1.20. The van der Waals surface area contributed by atoms with E-state index in [1.54, 1.807) is 12.4 Å². The maximum atomic E-state index is 12.7. The van der Waals surface area contributed by atoms with Crippen LogP contribution >= 0.6 is 0 Å². The molecular formula is C24H36N2O3. The Bertz CT molecular complexity index is 637. The molecule has 0 bridgehead atoms. The van der Waals surface area contributed by atoms with Gasteiger partial charge in [-0.2, -0.15) is 0 Å². The van der Waals surface area contributed by atoms with Gasteiger partial charge in [-0.15, -0.1) is 0 Å². The van der Waals surface area contributed by atoms with Crippen LogP contribution in [-0.4, -0.2) is 47.7 Å². The summed E-state index contributed by atoms with van der Waals surface area (Å²) in [5, 5.41) is 0. The third kappa shape index (κ3) is 5.71. The average molecular weight is 401 g/mol. The van der Waals surface area contributed by atoms with Crippen LogP contribution in [0, 0.1) is 11.8 Å². The summed E-state index contributed by atoms with van der Waals surface area (Å²) < 4.78 is 12.1. The fraction of sp³-hybridized carbons (Fsp3) is 0.750. The standard InChI is InChI=1S/C24H36N2O3/c27-23(17-20-5-2-1-3-6-20)26-13-10-24(11-14-26)18-21(9-16-29-24)8-15-28-22-7-4-12-25-19-22/h4,7,12,19-21H,1-3,5-6,8-11,13-18H2. The summed E-state index contributed by atoms with van der Waals surface area (Å²) in [7, 11) is 0. The van der Waals surface area contributed by atoms with Gasteiger partial charge in [-0.25, -0.2) is 0 Å². The van der Waals surface area contributed by atoms with Crippen molar-refractivity contribution in [2.45, 2.75) is 76.2 Å². The van der Waals surface area contributed by atoms with E-state index in [-0.39, 0.29) is 5.60 Å². The number of ether oxygens (including phenoxy) is 2. The second-order valence-electron chi connectivity index (χ2n) is 9.31. The predicted octanol–water partition coefficient (Wildman–Crippen LogP) is 4.61. The van der Waals surface area contributed by atoms with Crippen LogP contribution in [0.3, 0.4) is 0 Å². The number of carbonyl (C=O) groups is 1. The summed E-state index contributed by atoms with van der Waals surface area (Å²) in [5.74, 6) is 2.50. The van der Waals surface area contributed by atoms with Crippen molar-refractivity contribution in [2.75, 3.05) is 26.3 Å². The summed E-state index contributed by atoms with van der Waals surface area (Å²) in [5.41, 5.74) is -0.0150. The molecule has 4 rings (SSSR count). The van der Waals surface area contributed by atoms with Crippen molar-refractivity contribution in [1.82, 2.24) is 9.88 Å². The molecular weight excluding hydrogens is 364 g/mol. The van der Waals surface area contributed by atoms with E-state index in [4.69, 9.17) is 9.47 Å². The number of rotatable bonds is 6. The first-order valence-electron chi connectivity index (χ1n) is 11.7. The van der Waals surface area contributed by atoms with Crippen LogP contribution in [0.5, 0.6) is 5.75 Å². The number of hydrogen-bond acceptors (Lipinski definition) is 4. The number of likely N-dealkylation sites (tertiary alicyclic amines) is 1. The molecule has 1 aromatic rings. The first-order chi connectivity index (χ1) is 14.2. The smallest absolute Gasteiger partial charge is 0.222 e. The van der Waals surface area contributed by atoms with Crippen molar-refractivity contribution >= 4 is 5.91 Å². The molecule has 0 aromatic carbocycles. The molecule has 3 fully saturated rings. The van der Waals surface area contributed by atoms with Crippen molar-refractivity contribution in [2.24, 2.45) is 11.8 Å². The maximum Gasteiger partial charge on any atom is 0.222 e. The number of amides is 1. The Hall–Kier alpha value is -1.62. The van der Waals surface area contributed by atoms with Crippen LogP contribution in [0.15, 0.2) is 24.5 Å². The van der Waals surface area contributed by atoms with Gasteiger partial charge in [0.15, 0.2) is 0 Å². The average Bonchev–Trinajstić information content (AvgIpc) is 2.76. The van der Waals surface area contributed by atoms with Crippen LogP contribution in [0.4, 0.5) is 0 Å². The van der Waals surface area contributed by atoms with E-state index in [1.807, 2.05) is 12.1 Å². The van der Waals surface area contributed by atoms with E-state index >= 15 is 0 Å². The van der Waals surface area contributed by atoms with Gasteiger partial charge in [-0.3, -0.25) is 9.78 Å². The number of carbonyl (C=O) groups excluding carboxylic acids is 1. The molecule has 1 saturated carbocycles. The van der Waals surface area contributed by atoms with Gasteiger partial charge in [0.05, 0.1) is 18.4 Å². The monoisotopic (exact) mass is 400 g/mol. The Labute approximate surface area is 175 Å². The lowest BCUT2D eigenvalue weighted by atomic mass is 9.78. The van der Waals surface area contributed by atoms with E-state index in [9.17, 15) is 4.79 Å². The number of nitrogens with zero attached hydrogens (tertiary/aromatic N) is 2. The minimum absolute atomic E-state index is 0.0150. The van der Waals surface area contributed by atoms with Crippen molar-refractivity contribution in [3.63, 3.8) is 0 Å². The zero-order chi connectivity index (χ0) is 19.9. The summed E-state index contributed by atoms with van der Waals surface area (Å²) in [6.45, 7) is 3.31. The molecule has 0 N–H and O–H groups in total. The second-order valence-corrected chi connectivity index (χ2v) is 9.31. The minimum atomic E-state index is -0.0150. The molecule has 1 amide bonds. The van der Waals surface area contributed by atoms with Gasteiger partial charge in [0.1, 0.15) is 5.75 Å². The first-order valence-corrected chi connectivity index (χ1v) is 11.7. The van der Waals surface area contributed by atoms with Crippen molar-refractivity contribution in [3.05, 3.63) is 24.5 Å². The van der Waals surface area contributed by atoms with Gasteiger partial charge < -0.3 is 14.4 Å². The maximum absolute atomic E-state index is 12.7. The van der Waals surface area contributed by atoms with E-state index in [0.29, 0.717) is 17.7 Å². The number of aromatic nitrogens is 1. The van der Waals surface area contributed by atoms with Crippen molar-refractivity contribution in [1.29, 1.82) is 0 Å². The van der Waals surface area contributed by atoms with Crippen LogP contribution in [-0.2, 0) is 9.53 Å². The molecule has 3 heterocycles. The molecule has 1 aromatic heterocycles. The van der Waals surface area contributed by atoms with Crippen molar-refractivity contribution in [3.8, 4) is 5.75 Å². The Kier molecular flexibility index (Phi) is 7.06. The molecule has 1 unspecified atom stereocenters. The second kappa shape index (κ2) is 9.92. The first kappa shape index (κ1) is 20.6. The Morgan fingerprint density at radius 1 is 1.17 bits per heavy atom. The molecule has 3 aliphatic rings. The normalized spacial score (nSPS) is 25.1. The highest BCUT2D eigenvalue weighted by Gasteiger charge is 2.41. The third-order valence-electron chi connectivity index (χ3n) is 7.24. The highest BCUT2D eigenvalue weighted by atomic mass is 16.5. The quantitative estimate of drug-likeness (QED) is 0.700. The lowest BCUT2D eigenvalue weighted by molar-refractivity contribution is -0.148. The zero-order valence-corrected chi connectivity index (χ0v) is 17.7. The van der Waals surface area contributed by atoms with E-state index in [2.05, 4.69) is 9.88 Å². The summed E-state index contributed by atoms with van der Waals surface area (Å²) in [6, 6.07) is 3.86. The fourth-order valence-corrected chi connectivity index (χ4v) is 5.43. The molecule has 5 heteroatoms. The lowest BCUT2D eigenvalue weighted by Crippen LogP contribution is -2.51. The highest BCUT2D eigenvalue weighted by molar-refractivity contribution is 5.76. The summed E-state index contributed by atoms with van der Waals surface area (Å²) in [6.07, 6.45) is 16.0. The SMILES string of the molecule is O=C(CC1CCCCC1)N1CCC2(CC1)CC(CCOc1cccnc1)CCO2. The molecule has 29 heavy (non-hydrogen) atoms. The van der Waals surface area contributed by atoms with Crippen LogP contribution in [0.1, 0.15) is 70.6 Å². The van der Waals surface area contributed by atoms with Crippen LogP contribution in [0.25, 0.3) is 0 Å². The lowest BCUT2D eigenvalue weighted by Gasteiger charge is -2.46. The molecule has 5 nitrogen and oxygen atoms in total. The summed E-state index contributed by atoms with van der Waals surface area (Å²) in [4.78, 5) is 19.0. The molecule has 1 atom stereocenters. The molecule has 0 radical (unpaired) electrons. The molecule has 1 aliphatic carbocycles. The van der Waals surface area contributed by atoms with E-state index < -0.39 is 0 Å². The van der Waals surface area contributed by atoms with Gasteiger partial charge in [0.2, 0.25) is 5.91 Å². The van der Waals surface area contributed by atoms with Gasteiger partial charge in [-0.1, -0.05) is 19.3 Å².